The lowest BCUT2D eigenvalue weighted by Gasteiger charge is -2.07. The first-order valence-corrected chi connectivity index (χ1v) is 5.68. The zero-order valence-corrected chi connectivity index (χ0v) is 10.5. The van der Waals surface area contributed by atoms with Gasteiger partial charge in [-0.15, -0.1) is 0 Å². The molecule has 0 aromatic carbocycles. The summed E-state index contributed by atoms with van der Waals surface area (Å²) in [4.78, 5) is 7.80. The van der Waals surface area contributed by atoms with Crippen LogP contribution in [0.4, 0.5) is 5.82 Å². The van der Waals surface area contributed by atoms with Crippen LogP contribution >= 0.6 is 0 Å². The molecule has 0 aliphatic heterocycles. The molecule has 0 bridgehead atoms. The Balaban J connectivity index is 1.94. The van der Waals surface area contributed by atoms with E-state index in [4.69, 9.17) is 24.7 Å². The number of nitrogens with zero attached hydrogens (tertiary/aromatic N) is 2. The number of anilines is 1. The topological polar surface area (TPSA) is 88.7 Å². The first kappa shape index (κ1) is 14.6. The maximum Gasteiger partial charge on any atom is 0.257 e. The van der Waals surface area contributed by atoms with Crippen LogP contribution in [0, 0.1) is 0 Å². The van der Waals surface area contributed by atoms with E-state index in [0.29, 0.717) is 45.5 Å². The Bertz CT molecular complexity index is 325. The summed E-state index contributed by atoms with van der Waals surface area (Å²) < 4.78 is 20.7. The number of aromatic nitrogens is 2. The molecule has 7 heteroatoms. The van der Waals surface area contributed by atoms with Crippen LogP contribution in [0.25, 0.3) is 0 Å². The van der Waals surface area contributed by atoms with E-state index < -0.39 is 0 Å². The monoisotopic (exact) mass is 257 g/mol. The van der Waals surface area contributed by atoms with Gasteiger partial charge in [-0.25, -0.2) is 9.97 Å². The van der Waals surface area contributed by atoms with Crippen LogP contribution in [0.5, 0.6) is 5.88 Å². The van der Waals surface area contributed by atoms with Gasteiger partial charge in [-0.3, -0.25) is 0 Å². The van der Waals surface area contributed by atoms with Gasteiger partial charge in [0.25, 0.3) is 5.88 Å². The van der Waals surface area contributed by atoms with Crippen LogP contribution < -0.4 is 10.5 Å². The Morgan fingerprint density at radius 1 is 0.944 bits per heavy atom. The van der Waals surface area contributed by atoms with Gasteiger partial charge in [0.15, 0.2) is 5.82 Å². The Morgan fingerprint density at radius 3 is 2.22 bits per heavy atom. The second-order valence-electron chi connectivity index (χ2n) is 3.31. The van der Waals surface area contributed by atoms with Gasteiger partial charge < -0.3 is 24.7 Å². The van der Waals surface area contributed by atoms with Crippen molar-refractivity contribution in [1.29, 1.82) is 0 Å². The lowest BCUT2D eigenvalue weighted by Crippen LogP contribution is -2.13. The summed E-state index contributed by atoms with van der Waals surface area (Å²) in [6.45, 7) is 3.05. The van der Waals surface area contributed by atoms with Crippen molar-refractivity contribution in [2.75, 3.05) is 52.5 Å². The van der Waals surface area contributed by atoms with Gasteiger partial charge in [-0.1, -0.05) is 0 Å². The van der Waals surface area contributed by atoms with Gasteiger partial charge in [-0.05, 0) is 0 Å². The molecule has 0 spiro atoms. The van der Waals surface area contributed by atoms with E-state index in [2.05, 4.69) is 9.97 Å². The minimum atomic E-state index is 0.278. The van der Waals surface area contributed by atoms with E-state index in [1.807, 2.05) is 0 Å². The molecule has 1 heterocycles. The SMILES string of the molecule is COCCOCCOCCOc1nccnc1N. The van der Waals surface area contributed by atoms with E-state index in [9.17, 15) is 0 Å². The van der Waals surface area contributed by atoms with Crippen LogP contribution in [0.1, 0.15) is 0 Å². The summed E-state index contributed by atoms with van der Waals surface area (Å²) >= 11 is 0. The molecule has 1 rings (SSSR count). The van der Waals surface area contributed by atoms with Crippen molar-refractivity contribution >= 4 is 5.82 Å². The molecule has 0 aliphatic carbocycles. The Hall–Kier alpha value is -1.44. The highest BCUT2D eigenvalue weighted by atomic mass is 16.6. The summed E-state index contributed by atoms with van der Waals surface area (Å²) in [5.41, 5.74) is 5.56. The van der Waals surface area contributed by atoms with Gasteiger partial charge in [0.05, 0.1) is 33.0 Å². The zero-order valence-electron chi connectivity index (χ0n) is 10.5. The average Bonchev–Trinajstić information content (AvgIpc) is 2.39. The molecule has 0 saturated carbocycles. The van der Waals surface area contributed by atoms with Gasteiger partial charge in [0, 0.05) is 19.5 Å². The third-order valence-corrected chi connectivity index (χ3v) is 1.96. The summed E-state index contributed by atoms with van der Waals surface area (Å²) in [5, 5.41) is 0. The fourth-order valence-electron chi connectivity index (χ4n) is 1.11. The van der Waals surface area contributed by atoms with Gasteiger partial charge >= 0.3 is 0 Å². The van der Waals surface area contributed by atoms with Crippen molar-refractivity contribution in [3.63, 3.8) is 0 Å². The van der Waals surface area contributed by atoms with E-state index in [1.54, 1.807) is 7.11 Å². The van der Waals surface area contributed by atoms with Crippen molar-refractivity contribution in [3.05, 3.63) is 12.4 Å². The third kappa shape index (κ3) is 6.33. The number of nitrogens with two attached hydrogens (primary N) is 1. The standard InChI is InChI=1S/C11H19N3O4/c1-15-4-5-16-6-7-17-8-9-18-11-10(12)13-2-3-14-11/h2-3H,4-9H2,1H3,(H2,12,13). The molecular weight excluding hydrogens is 238 g/mol. The molecule has 0 saturated heterocycles. The van der Waals surface area contributed by atoms with Crippen molar-refractivity contribution in [2.45, 2.75) is 0 Å². The fraction of sp³-hybridized carbons (Fsp3) is 0.636. The third-order valence-electron chi connectivity index (χ3n) is 1.96. The highest BCUT2D eigenvalue weighted by Gasteiger charge is 2.00. The number of rotatable bonds is 10. The summed E-state index contributed by atoms with van der Waals surface area (Å²) in [6.07, 6.45) is 3.03. The largest absolute Gasteiger partial charge is 0.473 e. The molecule has 0 amide bonds. The first-order valence-electron chi connectivity index (χ1n) is 5.68. The van der Waals surface area contributed by atoms with Crippen molar-refractivity contribution in [1.82, 2.24) is 9.97 Å². The molecule has 2 N–H and O–H groups in total. The highest BCUT2D eigenvalue weighted by molar-refractivity contribution is 5.38. The molecule has 18 heavy (non-hydrogen) atoms. The Kier molecular flexibility index (Phi) is 7.78. The van der Waals surface area contributed by atoms with Crippen LogP contribution in [-0.4, -0.2) is 56.7 Å². The van der Waals surface area contributed by atoms with E-state index in [-0.39, 0.29) is 5.82 Å². The predicted molar refractivity (Wildman–Crippen MR) is 65.5 cm³/mol. The second-order valence-corrected chi connectivity index (χ2v) is 3.31. The summed E-state index contributed by atoms with van der Waals surface area (Å²) in [6, 6.07) is 0. The molecule has 0 atom stereocenters. The van der Waals surface area contributed by atoms with Crippen LogP contribution in [0.3, 0.4) is 0 Å². The molecule has 0 aliphatic rings. The van der Waals surface area contributed by atoms with Gasteiger partial charge in [0.1, 0.15) is 6.61 Å². The van der Waals surface area contributed by atoms with Crippen molar-refractivity contribution < 1.29 is 18.9 Å². The second kappa shape index (κ2) is 9.58. The molecule has 7 nitrogen and oxygen atoms in total. The molecule has 0 radical (unpaired) electrons. The normalized spacial score (nSPS) is 10.5. The highest BCUT2D eigenvalue weighted by Crippen LogP contribution is 2.11. The van der Waals surface area contributed by atoms with Crippen LogP contribution in [-0.2, 0) is 14.2 Å². The lowest BCUT2D eigenvalue weighted by atomic mass is 10.6. The predicted octanol–water partition coefficient (Wildman–Crippen LogP) is 0.117. The number of methoxy groups -OCH3 is 1. The lowest BCUT2D eigenvalue weighted by molar-refractivity contribution is 0.0177. The molecular formula is C11H19N3O4. The molecule has 1 aromatic heterocycles. The summed E-state index contributed by atoms with van der Waals surface area (Å²) in [5.74, 6) is 0.609. The Labute approximate surface area is 106 Å². The van der Waals surface area contributed by atoms with Crippen molar-refractivity contribution in [3.8, 4) is 5.88 Å². The number of hydrogen-bond donors (Lipinski definition) is 1. The maximum absolute atomic E-state index is 5.56. The van der Waals surface area contributed by atoms with E-state index in [0.717, 1.165) is 0 Å². The molecule has 0 unspecified atom stereocenters. The number of ether oxygens (including phenoxy) is 4. The molecule has 0 fully saturated rings. The Morgan fingerprint density at radius 2 is 1.56 bits per heavy atom. The molecule has 102 valence electrons. The first-order chi connectivity index (χ1) is 8.84. The fourth-order valence-corrected chi connectivity index (χ4v) is 1.11. The van der Waals surface area contributed by atoms with Gasteiger partial charge in [-0.2, -0.15) is 0 Å². The zero-order chi connectivity index (χ0) is 13.1. The maximum atomic E-state index is 5.56. The summed E-state index contributed by atoms with van der Waals surface area (Å²) in [7, 11) is 1.63. The average molecular weight is 257 g/mol. The molecule has 1 aromatic rings. The minimum Gasteiger partial charge on any atom is -0.473 e. The van der Waals surface area contributed by atoms with Crippen LogP contribution in [0.15, 0.2) is 12.4 Å². The minimum absolute atomic E-state index is 0.278. The van der Waals surface area contributed by atoms with Gasteiger partial charge in [0.2, 0.25) is 0 Å². The van der Waals surface area contributed by atoms with Crippen LogP contribution in [0.2, 0.25) is 0 Å². The smallest absolute Gasteiger partial charge is 0.257 e. The van der Waals surface area contributed by atoms with E-state index in [1.165, 1.54) is 12.4 Å². The van der Waals surface area contributed by atoms with E-state index >= 15 is 0 Å². The quantitative estimate of drug-likeness (QED) is 0.595. The number of hydrogen-bond acceptors (Lipinski definition) is 7. The van der Waals surface area contributed by atoms with Crippen molar-refractivity contribution in [2.24, 2.45) is 0 Å². The number of nitrogen functional groups attached to an aromatic ring is 1.